The molecular formula is C11H16O2. The van der Waals surface area contributed by atoms with E-state index in [9.17, 15) is 4.79 Å². The van der Waals surface area contributed by atoms with Gasteiger partial charge in [0.2, 0.25) is 0 Å². The molecule has 0 saturated heterocycles. The molecule has 2 nitrogen and oxygen atoms in total. The Balaban J connectivity index is 2.72. The maximum Gasteiger partial charge on any atom is 0.185 e. The molecule has 0 N–H and O–H groups in total. The molecule has 0 amide bonds. The SMILES string of the molecule is CCCC(CC)c1coc(C=O)c1. The van der Waals surface area contributed by atoms with Crippen LogP contribution in [-0.2, 0) is 0 Å². The van der Waals surface area contributed by atoms with Gasteiger partial charge in [-0.15, -0.1) is 0 Å². The molecule has 1 atom stereocenters. The quantitative estimate of drug-likeness (QED) is 0.650. The van der Waals surface area contributed by atoms with Gasteiger partial charge in [0.1, 0.15) is 0 Å². The molecule has 0 spiro atoms. The average molecular weight is 180 g/mol. The highest BCUT2D eigenvalue weighted by Gasteiger charge is 2.11. The minimum atomic E-state index is 0.435. The lowest BCUT2D eigenvalue weighted by molar-refractivity contribution is 0.110. The van der Waals surface area contributed by atoms with Gasteiger partial charge >= 0.3 is 0 Å². The molecule has 0 saturated carbocycles. The first-order valence-corrected chi connectivity index (χ1v) is 4.85. The standard InChI is InChI=1S/C11H16O2/c1-3-5-9(4-2)10-6-11(7-12)13-8-10/h6-9H,3-5H2,1-2H3. The number of carbonyl (C=O) groups is 1. The minimum absolute atomic E-state index is 0.435. The summed E-state index contributed by atoms with van der Waals surface area (Å²) in [5, 5.41) is 0. The van der Waals surface area contributed by atoms with Crippen molar-refractivity contribution in [2.75, 3.05) is 0 Å². The van der Waals surface area contributed by atoms with Gasteiger partial charge in [-0.25, -0.2) is 0 Å². The van der Waals surface area contributed by atoms with Crippen LogP contribution in [0.1, 0.15) is 55.1 Å². The van der Waals surface area contributed by atoms with Crippen molar-refractivity contribution in [2.24, 2.45) is 0 Å². The van der Waals surface area contributed by atoms with Crippen molar-refractivity contribution in [3.05, 3.63) is 23.7 Å². The van der Waals surface area contributed by atoms with E-state index in [2.05, 4.69) is 13.8 Å². The van der Waals surface area contributed by atoms with Crippen LogP contribution in [0.25, 0.3) is 0 Å². The van der Waals surface area contributed by atoms with Gasteiger partial charge in [0, 0.05) is 0 Å². The zero-order valence-corrected chi connectivity index (χ0v) is 8.25. The smallest absolute Gasteiger partial charge is 0.185 e. The molecule has 1 aromatic rings. The van der Waals surface area contributed by atoms with Crippen molar-refractivity contribution in [3.8, 4) is 0 Å². The predicted octanol–water partition coefficient (Wildman–Crippen LogP) is 3.39. The van der Waals surface area contributed by atoms with Crippen LogP contribution in [-0.4, -0.2) is 6.29 Å². The first-order chi connectivity index (χ1) is 6.31. The summed E-state index contributed by atoms with van der Waals surface area (Å²) in [5.41, 5.74) is 1.16. The molecule has 13 heavy (non-hydrogen) atoms. The van der Waals surface area contributed by atoms with Crippen molar-refractivity contribution in [1.29, 1.82) is 0 Å². The van der Waals surface area contributed by atoms with Gasteiger partial charge in [0.25, 0.3) is 0 Å². The predicted molar refractivity (Wildman–Crippen MR) is 52.0 cm³/mol. The number of hydrogen-bond acceptors (Lipinski definition) is 2. The molecule has 1 unspecified atom stereocenters. The van der Waals surface area contributed by atoms with E-state index in [4.69, 9.17) is 4.42 Å². The minimum Gasteiger partial charge on any atom is -0.461 e. The van der Waals surface area contributed by atoms with E-state index in [-0.39, 0.29) is 0 Å². The Morgan fingerprint density at radius 3 is 2.77 bits per heavy atom. The summed E-state index contributed by atoms with van der Waals surface area (Å²) in [6.45, 7) is 4.33. The summed E-state index contributed by atoms with van der Waals surface area (Å²) in [6.07, 6.45) is 5.88. The Morgan fingerprint density at radius 1 is 1.54 bits per heavy atom. The van der Waals surface area contributed by atoms with Crippen LogP contribution in [0, 0.1) is 0 Å². The summed E-state index contributed by atoms with van der Waals surface area (Å²) in [7, 11) is 0. The highest BCUT2D eigenvalue weighted by molar-refractivity contribution is 5.70. The summed E-state index contributed by atoms with van der Waals surface area (Å²) >= 11 is 0. The maximum absolute atomic E-state index is 10.4. The van der Waals surface area contributed by atoms with E-state index >= 15 is 0 Å². The summed E-state index contributed by atoms with van der Waals surface area (Å²) < 4.78 is 5.07. The Morgan fingerprint density at radius 2 is 2.31 bits per heavy atom. The largest absolute Gasteiger partial charge is 0.461 e. The topological polar surface area (TPSA) is 30.2 Å². The summed E-state index contributed by atoms with van der Waals surface area (Å²) in [4.78, 5) is 10.4. The maximum atomic E-state index is 10.4. The normalized spacial score (nSPS) is 12.8. The molecule has 0 aliphatic rings. The van der Waals surface area contributed by atoms with Gasteiger partial charge < -0.3 is 4.42 Å². The van der Waals surface area contributed by atoms with Crippen molar-refractivity contribution < 1.29 is 9.21 Å². The molecule has 1 rings (SSSR count). The van der Waals surface area contributed by atoms with Crippen molar-refractivity contribution in [1.82, 2.24) is 0 Å². The fourth-order valence-corrected chi connectivity index (χ4v) is 1.60. The summed E-state index contributed by atoms with van der Waals surface area (Å²) in [5.74, 6) is 0.979. The lowest BCUT2D eigenvalue weighted by Gasteiger charge is -2.09. The zero-order valence-electron chi connectivity index (χ0n) is 8.25. The van der Waals surface area contributed by atoms with E-state index < -0.39 is 0 Å². The van der Waals surface area contributed by atoms with E-state index in [0.717, 1.165) is 24.7 Å². The molecule has 1 aromatic heterocycles. The van der Waals surface area contributed by atoms with Crippen molar-refractivity contribution >= 4 is 6.29 Å². The lowest BCUT2D eigenvalue weighted by atomic mass is 9.94. The van der Waals surface area contributed by atoms with E-state index in [0.29, 0.717) is 11.7 Å². The van der Waals surface area contributed by atoms with E-state index in [1.54, 1.807) is 6.26 Å². The number of aldehydes is 1. The monoisotopic (exact) mass is 180 g/mol. The zero-order chi connectivity index (χ0) is 9.68. The molecule has 1 heterocycles. The highest BCUT2D eigenvalue weighted by Crippen LogP contribution is 2.25. The van der Waals surface area contributed by atoms with Crippen LogP contribution in [0.4, 0.5) is 0 Å². The van der Waals surface area contributed by atoms with Crippen LogP contribution < -0.4 is 0 Å². The van der Waals surface area contributed by atoms with Crippen molar-refractivity contribution in [3.63, 3.8) is 0 Å². The van der Waals surface area contributed by atoms with Gasteiger partial charge in [-0.3, -0.25) is 4.79 Å². The second kappa shape index (κ2) is 4.85. The fourth-order valence-electron chi connectivity index (χ4n) is 1.60. The lowest BCUT2D eigenvalue weighted by Crippen LogP contribution is -1.94. The average Bonchev–Trinajstić information content (AvgIpc) is 2.62. The van der Waals surface area contributed by atoms with Crippen LogP contribution >= 0.6 is 0 Å². The number of furan rings is 1. The number of hydrogen-bond donors (Lipinski definition) is 0. The third-order valence-electron chi connectivity index (χ3n) is 2.36. The molecule has 0 bridgehead atoms. The Labute approximate surface area is 78.9 Å². The second-order valence-corrected chi connectivity index (χ2v) is 3.29. The first kappa shape index (κ1) is 10.0. The van der Waals surface area contributed by atoms with Crippen LogP contribution in [0.15, 0.2) is 16.7 Å². The Bertz CT molecular complexity index is 263. The number of rotatable bonds is 5. The molecule has 0 radical (unpaired) electrons. The molecule has 0 aliphatic carbocycles. The van der Waals surface area contributed by atoms with Crippen LogP contribution in [0.3, 0.4) is 0 Å². The van der Waals surface area contributed by atoms with E-state index in [1.807, 2.05) is 6.07 Å². The van der Waals surface area contributed by atoms with Gasteiger partial charge in [0.15, 0.2) is 12.0 Å². The fraction of sp³-hybridized carbons (Fsp3) is 0.545. The Kier molecular flexibility index (Phi) is 3.74. The summed E-state index contributed by atoms with van der Waals surface area (Å²) in [6, 6.07) is 1.84. The van der Waals surface area contributed by atoms with Crippen LogP contribution in [0.5, 0.6) is 0 Å². The molecular weight excluding hydrogens is 164 g/mol. The van der Waals surface area contributed by atoms with Gasteiger partial charge in [-0.2, -0.15) is 0 Å². The molecule has 0 fully saturated rings. The van der Waals surface area contributed by atoms with E-state index in [1.165, 1.54) is 6.42 Å². The van der Waals surface area contributed by atoms with Gasteiger partial charge in [0.05, 0.1) is 6.26 Å². The number of carbonyl (C=O) groups excluding carboxylic acids is 1. The van der Waals surface area contributed by atoms with Crippen molar-refractivity contribution in [2.45, 2.75) is 39.0 Å². The highest BCUT2D eigenvalue weighted by atomic mass is 16.3. The van der Waals surface area contributed by atoms with Crippen LogP contribution in [0.2, 0.25) is 0 Å². The second-order valence-electron chi connectivity index (χ2n) is 3.29. The van der Waals surface area contributed by atoms with Gasteiger partial charge in [-0.05, 0) is 30.4 Å². The molecule has 72 valence electrons. The molecule has 0 aromatic carbocycles. The molecule has 0 aliphatic heterocycles. The third kappa shape index (κ3) is 2.44. The third-order valence-corrected chi connectivity index (χ3v) is 2.36. The first-order valence-electron chi connectivity index (χ1n) is 4.85. The molecule has 2 heteroatoms. The van der Waals surface area contributed by atoms with Gasteiger partial charge in [-0.1, -0.05) is 20.3 Å². The Hall–Kier alpha value is -1.05.